The Balaban J connectivity index is 0.000000469. The molecule has 0 aliphatic carbocycles. The van der Waals surface area contributed by atoms with E-state index >= 15 is 0 Å². The van der Waals surface area contributed by atoms with Gasteiger partial charge in [0.1, 0.15) is 0 Å². The monoisotopic (exact) mass is 627 g/mol. The molecule has 0 N–H and O–H groups in total. The summed E-state index contributed by atoms with van der Waals surface area (Å²) in [5, 5.41) is 0. The zero-order chi connectivity index (χ0) is 22.4. The molecular formula is C29H41IrNP-. The van der Waals surface area contributed by atoms with Gasteiger partial charge in [-0.1, -0.05) is 52.2 Å². The van der Waals surface area contributed by atoms with Crippen LogP contribution in [0.15, 0.2) is 79.0 Å². The Morgan fingerprint density at radius 1 is 0.688 bits per heavy atom. The summed E-state index contributed by atoms with van der Waals surface area (Å²) < 4.78 is 0. The van der Waals surface area contributed by atoms with Crippen LogP contribution in [0.25, 0.3) is 11.3 Å². The van der Waals surface area contributed by atoms with E-state index in [9.17, 15) is 0 Å². The Morgan fingerprint density at radius 2 is 1.25 bits per heavy atom. The van der Waals surface area contributed by atoms with Gasteiger partial charge >= 0.3 is 0 Å². The van der Waals surface area contributed by atoms with Gasteiger partial charge in [-0.15, -0.1) is 35.9 Å². The summed E-state index contributed by atoms with van der Waals surface area (Å²) >= 11 is 0. The number of nitrogens with zero attached hydrogens (tertiary/aromatic N) is 1. The minimum atomic E-state index is 0. The Bertz CT molecular complexity index is 639. The van der Waals surface area contributed by atoms with Crippen molar-refractivity contribution in [1.29, 1.82) is 0 Å². The number of hydrogen-bond acceptors (Lipinski definition) is 1. The number of benzene rings is 2. The SMILES string of the molecule is CCCC[PH+](CCCC)CCCC.[Ir].[c-]1ccccc1.[c-]1ccccc1-c1ccccn1. The quantitative estimate of drug-likeness (QED) is 0.162. The van der Waals surface area contributed by atoms with Gasteiger partial charge in [0.2, 0.25) is 0 Å². The number of pyridine rings is 1. The molecule has 0 saturated heterocycles. The molecule has 0 spiro atoms. The van der Waals surface area contributed by atoms with Crippen LogP contribution in [0.3, 0.4) is 0 Å². The Kier molecular flexibility index (Phi) is 21.9. The molecule has 0 saturated carbocycles. The number of rotatable bonds is 10. The van der Waals surface area contributed by atoms with Crippen molar-refractivity contribution in [3.8, 4) is 11.3 Å². The van der Waals surface area contributed by atoms with Gasteiger partial charge in [0.25, 0.3) is 0 Å². The fourth-order valence-corrected chi connectivity index (χ4v) is 6.38. The number of unbranched alkanes of at least 4 members (excludes halogenated alkanes) is 3. The molecule has 2 aromatic carbocycles. The Labute approximate surface area is 212 Å². The van der Waals surface area contributed by atoms with Crippen molar-refractivity contribution in [1.82, 2.24) is 4.98 Å². The van der Waals surface area contributed by atoms with E-state index in [0.29, 0.717) is 0 Å². The molecule has 0 fully saturated rings. The van der Waals surface area contributed by atoms with Crippen molar-refractivity contribution >= 4 is 7.92 Å². The van der Waals surface area contributed by atoms with Crippen LogP contribution >= 0.6 is 7.92 Å². The van der Waals surface area contributed by atoms with Crippen LogP contribution in [0, 0.1) is 12.1 Å². The first-order valence-corrected chi connectivity index (χ1v) is 14.1. The van der Waals surface area contributed by atoms with Gasteiger partial charge in [0.05, 0.1) is 18.5 Å². The summed E-state index contributed by atoms with van der Waals surface area (Å²) in [6.07, 6.45) is 15.2. The third kappa shape index (κ3) is 16.3. The van der Waals surface area contributed by atoms with Gasteiger partial charge in [-0.25, -0.2) is 0 Å². The maximum Gasteiger partial charge on any atom is 0.0571 e. The molecule has 3 rings (SSSR count). The second-order valence-electron chi connectivity index (χ2n) is 7.63. The molecule has 0 unspecified atom stereocenters. The number of aromatic nitrogens is 1. The molecular weight excluding hydrogens is 586 g/mol. The molecule has 0 aliphatic heterocycles. The summed E-state index contributed by atoms with van der Waals surface area (Å²) in [6, 6.07) is 29.3. The van der Waals surface area contributed by atoms with Crippen molar-refractivity contribution in [3.63, 3.8) is 0 Å². The maximum absolute atomic E-state index is 4.22. The molecule has 32 heavy (non-hydrogen) atoms. The molecule has 1 nitrogen and oxygen atoms in total. The smallest absolute Gasteiger partial charge is 0.0571 e. The summed E-state index contributed by atoms with van der Waals surface area (Å²) in [6.45, 7) is 6.96. The summed E-state index contributed by atoms with van der Waals surface area (Å²) in [7, 11) is 0.0675. The van der Waals surface area contributed by atoms with Gasteiger partial charge in [0, 0.05) is 34.2 Å². The summed E-state index contributed by atoms with van der Waals surface area (Å²) in [5.74, 6) is 0. The predicted molar refractivity (Wildman–Crippen MR) is 141 cm³/mol. The van der Waals surface area contributed by atoms with E-state index in [-0.39, 0.29) is 28.0 Å². The van der Waals surface area contributed by atoms with E-state index in [1.54, 1.807) is 24.7 Å². The van der Waals surface area contributed by atoms with Crippen LogP contribution in [0.1, 0.15) is 59.3 Å². The number of hydrogen-bond donors (Lipinski definition) is 0. The van der Waals surface area contributed by atoms with Crippen molar-refractivity contribution < 1.29 is 20.1 Å². The fraction of sp³-hybridized carbons (Fsp3) is 0.414. The average Bonchev–Trinajstić information content (AvgIpc) is 2.86. The van der Waals surface area contributed by atoms with E-state index < -0.39 is 0 Å². The summed E-state index contributed by atoms with van der Waals surface area (Å²) in [4.78, 5) is 4.22. The molecule has 1 aromatic heterocycles. The van der Waals surface area contributed by atoms with Crippen molar-refractivity contribution in [2.75, 3.05) is 18.5 Å². The average molecular weight is 627 g/mol. The van der Waals surface area contributed by atoms with Crippen molar-refractivity contribution in [2.45, 2.75) is 59.3 Å². The van der Waals surface area contributed by atoms with Gasteiger partial charge in [0.15, 0.2) is 0 Å². The minimum absolute atomic E-state index is 0. The van der Waals surface area contributed by atoms with E-state index in [2.05, 4.69) is 37.9 Å². The topological polar surface area (TPSA) is 12.9 Å². The van der Waals surface area contributed by atoms with E-state index in [1.165, 1.54) is 38.5 Å². The van der Waals surface area contributed by atoms with Gasteiger partial charge < -0.3 is 4.98 Å². The van der Waals surface area contributed by atoms with Crippen molar-refractivity contribution in [3.05, 3.63) is 91.1 Å². The first-order valence-electron chi connectivity index (χ1n) is 11.9. The largest absolute Gasteiger partial charge is 0.305 e. The van der Waals surface area contributed by atoms with E-state index in [0.717, 1.165) is 11.3 Å². The normalized spacial score (nSPS) is 9.62. The van der Waals surface area contributed by atoms with Gasteiger partial charge in [-0.05, 0) is 31.0 Å². The Hall–Kier alpha value is -1.33. The molecule has 0 amide bonds. The van der Waals surface area contributed by atoms with Gasteiger partial charge in [-0.2, -0.15) is 36.4 Å². The molecule has 0 atom stereocenters. The zero-order valence-corrected chi connectivity index (χ0v) is 23.5. The molecule has 1 radical (unpaired) electrons. The van der Waals surface area contributed by atoms with Crippen molar-refractivity contribution in [2.24, 2.45) is 0 Å². The van der Waals surface area contributed by atoms with Crippen LogP contribution in [-0.2, 0) is 20.1 Å². The third-order valence-corrected chi connectivity index (χ3v) is 8.09. The molecule has 0 bridgehead atoms. The Morgan fingerprint density at radius 3 is 1.62 bits per heavy atom. The van der Waals surface area contributed by atoms with Crippen LogP contribution in [0.2, 0.25) is 0 Å². The second-order valence-corrected chi connectivity index (χ2v) is 10.6. The molecule has 1 heterocycles. The van der Waals surface area contributed by atoms with Crippen LogP contribution in [0.5, 0.6) is 0 Å². The minimum Gasteiger partial charge on any atom is -0.305 e. The van der Waals surface area contributed by atoms with Crippen LogP contribution in [-0.4, -0.2) is 23.5 Å². The predicted octanol–water partition coefficient (Wildman–Crippen LogP) is 8.63. The van der Waals surface area contributed by atoms with E-state index in [1.807, 2.05) is 72.8 Å². The standard InChI is InChI=1S/C12H27P.C11H8N.C6H5.Ir/c1-4-7-10-13(11-8-5-2)12-9-6-3;1-2-6-10(7-3-1)11-8-4-5-9-12-11;1-2-4-6-5-3-1;/h4-12H2,1-3H3;1-6,8-9H;1-5H;/q;2*-1;/p+1. The van der Waals surface area contributed by atoms with Gasteiger partial charge in [-0.3, -0.25) is 0 Å². The molecule has 3 aromatic rings. The second kappa shape index (κ2) is 22.8. The molecule has 0 aliphatic rings. The molecule has 177 valence electrons. The fourth-order valence-electron chi connectivity index (χ4n) is 3.07. The van der Waals surface area contributed by atoms with Crippen LogP contribution < -0.4 is 0 Å². The third-order valence-electron chi connectivity index (χ3n) is 4.91. The van der Waals surface area contributed by atoms with Crippen LogP contribution in [0.4, 0.5) is 0 Å². The van der Waals surface area contributed by atoms with E-state index in [4.69, 9.17) is 0 Å². The first-order chi connectivity index (χ1) is 15.3. The first kappa shape index (κ1) is 30.7. The summed E-state index contributed by atoms with van der Waals surface area (Å²) in [5.41, 5.74) is 2.01. The molecule has 3 heteroatoms. The maximum atomic E-state index is 4.22. The zero-order valence-electron chi connectivity index (χ0n) is 20.2.